The zero-order valence-corrected chi connectivity index (χ0v) is 12.3. The van der Waals surface area contributed by atoms with Gasteiger partial charge in [-0.25, -0.2) is 0 Å². The van der Waals surface area contributed by atoms with Gasteiger partial charge in [0, 0.05) is 23.7 Å². The first-order valence-corrected chi connectivity index (χ1v) is 7.04. The fourth-order valence-corrected chi connectivity index (χ4v) is 2.64. The van der Waals surface area contributed by atoms with Crippen LogP contribution in [-0.2, 0) is 0 Å². The molecule has 0 radical (unpaired) electrons. The summed E-state index contributed by atoms with van der Waals surface area (Å²) in [7, 11) is 0. The van der Waals surface area contributed by atoms with Gasteiger partial charge in [-0.05, 0) is 30.7 Å². The smallest absolute Gasteiger partial charge is 0.337 e. The Morgan fingerprint density at radius 2 is 1.39 bits per heavy atom. The molecule has 1 aliphatic heterocycles. The summed E-state index contributed by atoms with van der Waals surface area (Å²) in [6, 6.07) is 5.23. The molecule has 1 aliphatic rings. The highest BCUT2D eigenvalue weighted by Crippen LogP contribution is 2.41. The Labute approximate surface area is 133 Å². The van der Waals surface area contributed by atoms with E-state index in [9.17, 15) is 31.1 Å². The summed E-state index contributed by atoms with van der Waals surface area (Å²) in [5.74, 6) is -5.26. The van der Waals surface area contributed by atoms with Gasteiger partial charge in [0.25, 0.3) is 5.91 Å². The molecule has 0 N–H and O–H groups in total. The molecule has 2 nitrogen and oxygen atoms in total. The van der Waals surface area contributed by atoms with Crippen molar-refractivity contribution in [2.75, 3.05) is 13.1 Å². The van der Waals surface area contributed by atoms with Crippen LogP contribution in [0.1, 0.15) is 16.8 Å². The molecular weight excluding hydrogens is 348 g/mol. The van der Waals surface area contributed by atoms with Crippen LogP contribution in [0.4, 0.5) is 26.3 Å². The van der Waals surface area contributed by atoms with E-state index >= 15 is 0 Å². The SMILES string of the molecule is O=C(c1ccc(Cl)cc1)N1C[C@@H](C(F)(F)F)C[C@H](C(F)(F)F)C1. The van der Waals surface area contributed by atoms with E-state index in [1.165, 1.54) is 24.3 Å². The minimum absolute atomic E-state index is 0.00171. The van der Waals surface area contributed by atoms with Crippen molar-refractivity contribution in [3.63, 3.8) is 0 Å². The summed E-state index contributed by atoms with van der Waals surface area (Å²) >= 11 is 5.65. The summed E-state index contributed by atoms with van der Waals surface area (Å²) in [5, 5.41) is 0.307. The minimum Gasteiger partial charge on any atom is -0.337 e. The number of rotatable bonds is 1. The highest BCUT2D eigenvalue weighted by molar-refractivity contribution is 6.30. The van der Waals surface area contributed by atoms with Crippen molar-refractivity contribution in [1.29, 1.82) is 0 Å². The molecule has 1 fully saturated rings. The van der Waals surface area contributed by atoms with E-state index in [0.717, 1.165) is 0 Å². The van der Waals surface area contributed by atoms with Gasteiger partial charge in [0.15, 0.2) is 0 Å². The van der Waals surface area contributed by atoms with Crippen LogP contribution in [0.15, 0.2) is 24.3 Å². The lowest BCUT2D eigenvalue weighted by Crippen LogP contribution is -2.51. The van der Waals surface area contributed by atoms with Crippen molar-refractivity contribution in [1.82, 2.24) is 4.90 Å². The molecule has 0 spiro atoms. The number of alkyl halides is 6. The van der Waals surface area contributed by atoms with Crippen LogP contribution in [0, 0.1) is 11.8 Å². The lowest BCUT2D eigenvalue weighted by atomic mass is 9.88. The monoisotopic (exact) mass is 359 g/mol. The van der Waals surface area contributed by atoms with Crippen LogP contribution in [0.2, 0.25) is 5.02 Å². The van der Waals surface area contributed by atoms with Gasteiger partial charge in [0.2, 0.25) is 0 Å². The van der Waals surface area contributed by atoms with E-state index in [-0.39, 0.29) is 5.56 Å². The standard InChI is InChI=1S/C14H12ClF6NO/c15-11-3-1-8(2-4-11)12(23)22-6-9(13(16,17)18)5-10(7-22)14(19,20)21/h1-4,9-10H,5-7H2/t9-,10-/m0/s1. The number of carbonyl (C=O) groups is 1. The molecule has 23 heavy (non-hydrogen) atoms. The molecule has 1 amide bonds. The van der Waals surface area contributed by atoms with Gasteiger partial charge in [0.05, 0.1) is 11.8 Å². The van der Waals surface area contributed by atoms with Crippen LogP contribution in [0.25, 0.3) is 0 Å². The molecule has 0 aliphatic carbocycles. The van der Waals surface area contributed by atoms with Crippen molar-refractivity contribution >= 4 is 17.5 Å². The molecule has 1 heterocycles. The third-order valence-electron chi connectivity index (χ3n) is 3.75. The number of nitrogens with zero attached hydrogens (tertiary/aromatic N) is 1. The van der Waals surface area contributed by atoms with Gasteiger partial charge in [0.1, 0.15) is 0 Å². The van der Waals surface area contributed by atoms with Crippen LogP contribution in [0.3, 0.4) is 0 Å². The molecule has 2 atom stereocenters. The molecule has 0 saturated carbocycles. The maximum absolute atomic E-state index is 12.9. The summed E-state index contributed by atoms with van der Waals surface area (Å²) in [4.78, 5) is 12.8. The number of benzene rings is 1. The molecule has 1 aromatic rings. The predicted octanol–water partition coefficient (Wildman–Crippen LogP) is 4.54. The second-order valence-corrected chi connectivity index (χ2v) is 5.87. The van der Waals surface area contributed by atoms with Gasteiger partial charge >= 0.3 is 12.4 Å². The molecule has 128 valence electrons. The van der Waals surface area contributed by atoms with Crippen molar-refractivity contribution in [2.45, 2.75) is 18.8 Å². The molecule has 0 unspecified atom stereocenters. The largest absolute Gasteiger partial charge is 0.393 e. The Morgan fingerprint density at radius 1 is 0.957 bits per heavy atom. The zero-order valence-electron chi connectivity index (χ0n) is 11.6. The topological polar surface area (TPSA) is 20.3 Å². The summed E-state index contributed by atoms with van der Waals surface area (Å²) in [6.45, 7) is -1.56. The third kappa shape index (κ3) is 4.31. The van der Waals surface area contributed by atoms with Crippen LogP contribution >= 0.6 is 11.6 Å². The van der Waals surface area contributed by atoms with Crippen LogP contribution in [-0.4, -0.2) is 36.2 Å². The summed E-state index contributed by atoms with van der Waals surface area (Å²) in [6.07, 6.45) is -10.6. The Hall–Kier alpha value is -1.44. The Bertz CT molecular complexity index is 546. The number of hydrogen-bond donors (Lipinski definition) is 0. The number of carbonyl (C=O) groups excluding carboxylic acids is 1. The normalized spacial score (nSPS) is 23.0. The second-order valence-electron chi connectivity index (χ2n) is 5.43. The maximum Gasteiger partial charge on any atom is 0.393 e. The van der Waals surface area contributed by atoms with Gasteiger partial charge < -0.3 is 4.90 Å². The maximum atomic E-state index is 12.9. The average Bonchev–Trinajstić information content (AvgIpc) is 2.45. The first-order chi connectivity index (χ1) is 10.5. The molecule has 9 heteroatoms. The quantitative estimate of drug-likeness (QED) is 0.674. The molecule has 0 aromatic heterocycles. The van der Waals surface area contributed by atoms with Crippen molar-refractivity contribution in [3.8, 4) is 0 Å². The van der Waals surface area contributed by atoms with E-state index in [1.54, 1.807) is 0 Å². The van der Waals surface area contributed by atoms with E-state index in [4.69, 9.17) is 11.6 Å². The van der Waals surface area contributed by atoms with E-state index in [0.29, 0.717) is 9.92 Å². The zero-order chi connectivity index (χ0) is 17.4. The highest BCUT2D eigenvalue weighted by atomic mass is 35.5. The first kappa shape index (κ1) is 17.9. The Kier molecular flexibility index (Phi) is 4.84. The Balaban J connectivity index is 2.25. The van der Waals surface area contributed by atoms with Crippen molar-refractivity contribution < 1.29 is 31.1 Å². The second kappa shape index (κ2) is 6.22. The molecule has 2 rings (SSSR count). The number of hydrogen-bond acceptors (Lipinski definition) is 1. The van der Waals surface area contributed by atoms with E-state index in [1.807, 2.05) is 0 Å². The summed E-state index contributed by atoms with van der Waals surface area (Å²) < 4.78 is 77.2. The van der Waals surface area contributed by atoms with Gasteiger partial charge in [-0.15, -0.1) is 0 Å². The van der Waals surface area contributed by atoms with Crippen LogP contribution in [0.5, 0.6) is 0 Å². The minimum atomic E-state index is -4.79. The van der Waals surface area contributed by atoms with Crippen molar-refractivity contribution in [2.24, 2.45) is 11.8 Å². The average molecular weight is 360 g/mol. The number of halogens is 7. The van der Waals surface area contributed by atoms with Crippen LogP contribution < -0.4 is 0 Å². The first-order valence-electron chi connectivity index (χ1n) is 6.66. The van der Waals surface area contributed by atoms with Gasteiger partial charge in [-0.2, -0.15) is 26.3 Å². The third-order valence-corrected chi connectivity index (χ3v) is 4.01. The highest BCUT2D eigenvalue weighted by Gasteiger charge is 2.52. The lowest BCUT2D eigenvalue weighted by molar-refractivity contribution is -0.226. The van der Waals surface area contributed by atoms with Gasteiger partial charge in [-0.1, -0.05) is 11.6 Å². The number of amides is 1. The van der Waals surface area contributed by atoms with Gasteiger partial charge in [-0.3, -0.25) is 4.79 Å². The molecule has 1 saturated heterocycles. The Morgan fingerprint density at radius 3 is 1.78 bits per heavy atom. The van der Waals surface area contributed by atoms with Crippen molar-refractivity contribution in [3.05, 3.63) is 34.9 Å². The lowest BCUT2D eigenvalue weighted by Gasteiger charge is -2.39. The molecule has 1 aromatic carbocycles. The molecular formula is C14H12ClF6NO. The predicted molar refractivity (Wildman–Crippen MR) is 71.1 cm³/mol. The van der Waals surface area contributed by atoms with E-state index < -0.39 is 49.6 Å². The molecule has 0 bridgehead atoms. The number of likely N-dealkylation sites (tertiary alicyclic amines) is 1. The fourth-order valence-electron chi connectivity index (χ4n) is 2.51. The fraction of sp³-hybridized carbons (Fsp3) is 0.500. The summed E-state index contributed by atoms with van der Waals surface area (Å²) in [5.41, 5.74) is -0.00171. The number of piperidine rings is 1. The van der Waals surface area contributed by atoms with E-state index in [2.05, 4.69) is 0 Å².